The minimum absolute atomic E-state index is 0.413. The van der Waals surface area contributed by atoms with Crippen molar-refractivity contribution in [1.82, 2.24) is 15.1 Å². The highest BCUT2D eigenvalue weighted by atomic mass is 16.6. The summed E-state index contributed by atoms with van der Waals surface area (Å²) < 4.78 is 6.80. The molecule has 0 aromatic carbocycles. The van der Waals surface area contributed by atoms with Gasteiger partial charge in [-0.15, -0.1) is 0 Å². The van der Waals surface area contributed by atoms with Gasteiger partial charge >= 0.3 is 6.09 Å². The molecule has 0 aliphatic rings. The number of hydrogen-bond donors (Lipinski definition) is 1. The molecule has 5 heteroatoms. The SMILES string of the molecule is Cn1nccc1CNC(=O)OC(C)(C)C. The molecule has 0 radical (unpaired) electrons. The topological polar surface area (TPSA) is 56.2 Å². The first kappa shape index (κ1) is 11.6. The molecule has 0 aliphatic carbocycles. The van der Waals surface area contributed by atoms with E-state index >= 15 is 0 Å². The number of aryl methyl sites for hydroxylation is 1. The number of ether oxygens (including phenoxy) is 1. The number of hydrogen-bond acceptors (Lipinski definition) is 3. The van der Waals surface area contributed by atoms with Crippen molar-refractivity contribution in [1.29, 1.82) is 0 Å². The van der Waals surface area contributed by atoms with E-state index in [1.165, 1.54) is 0 Å². The lowest BCUT2D eigenvalue weighted by Crippen LogP contribution is -2.32. The van der Waals surface area contributed by atoms with Crippen molar-refractivity contribution in [3.63, 3.8) is 0 Å². The lowest BCUT2D eigenvalue weighted by atomic mass is 10.2. The second kappa shape index (κ2) is 4.33. The maximum atomic E-state index is 11.3. The first-order chi connectivity index (χ1) is 6.88. The molecular weight excluding hydrogens is 194 g/mol. The van der Waals surface area contributed by atoms with Gasteiger partial charge in [0.25, 0.3) is 0 Å². The average molecular weight is 211 g/mol. The van der Waals surface area contributed by atoms with Crippen LogP contribution < -0.4 is 5.32 Å². The third-order valence-corrected chi connectivity index (χ3v) is 1.74. The first-order valence-electron chi connectivity index (χ1n) is 4.82. The first-order valence-corrected chi connectivity index (χ1v) is 4.82. The molecule has 5 nitrogen and oxygen atoms in total. The molecule has 0 saturated carbocycles. The van der Waals surface area contributed by atoms with Gasteiger partial charge in [0, 0.05) is 13.2 Å². The molecule has 0 unspecified atom stereocenters. The molecule has 0 saturated heterocycles. The highest BCUT2D eigenvalue weighted by Crippen LogP contribution is 2.06. The van der Waals surface area contributed by atoms with Crippen LogP contribution >= 0.6 is 0 Å². The molecule has 1 aromatic rings. The number of nitrogens with one attached hydrogen (secondary N) is 1. The average Bonchev–Trinajstić information content (AvgIpc) is 2.44. The highest BCUT2D eigenvalue weighted by molar-refractivity contribution is 5.67. The molecule has 0 atom stereocenters. The van der Waals surface area contributed by atoms with Crippen LogP contribution in [0.25, 0.3) is 0 Å². The summed E-state index contributed by atoms with van der Waals surface area (Å²) in [6.45, 7) is 5.91. The maximum Gasteiger partial charge on any atom is 0.407 e. The van der Waals surface area contributed by atoms with E-state index in [0.717, 1.165) is 5.69 Å². The van der Waals surface area contributed by atoms with E-state index in [9.17, 15) is 4.79 Å². The Labute approximate surface area is 89.4 Å². The maximum absolute atomic E-state index is 11.3. The van der Waals surface area contributed by atoms with Crippen molar-refractivity contribution in [2.75, 3.05) is 0 Å². The molecule has 0 fully saturated rings. The quantitative estimate of drug-likeness (QED) is 0.805. The molecule has 1 aromatic heterocycles. The van der Waals surface area contributed by atoms with E-state index in [2.05, 4.69) is 10.4 Å². The molecule has 84 valence electrons. The van der Waals surface area contributed by atoms with Crippen molar-refractivity contribution in [2.24, 2.45) is 7.05 Å². The molecule has 1 amide bonds. The number of alkyl carbamates (subject to hydrolysis) is 1. The fourth-order valence-corrected chi connectivity index (χ4v) is 1.05. The van der Waals surface area contributed by atoms with Crippen molar-refractivity contribution < 1.29 is 9.53 Å². The monoisotopic (exact) mass is 211 g/mol. The largest absolute Gasteiger partial charge is 0.444 e. The van der Waals surface area contributed by atoms with Gasteiger partial charge < -0.3 is 10.1 Å². The Morgan fingerprint density at radius 1 is 1.60 bits per heavy atom. The Kier molecular flexibility index (Phi) is 3.34. The van der Waals surface area contributed by atoms with Crippen LogP contribution in [0.2, 0.25) is 0 Å². The molecule has 0 aliphatic heterocycles. The van der Waals surface area contributed by atoms with Crippen molar-refractivity contribution in [2.45, 2.75) is 32.9 Å². The molecule has 15 heavy (non-hydrogen) atoms. The summed E-state index contributed by atoms with van der Waals surface area (Å²) in [7, 11) is 1.83. The molecule has 1 heterocycles. The molecule has 0 bridgehead atoms. The van der Waals surface area contributed by atoms with Crippen LogP contribution in [0, 0.1) is 0 Å². The normalized spacial score (nSPS) is 11.2. The summed E-state index contributed by atoms with van der Waals surface area (Å²) in [5, 5.41) is 6.65. The standard InChI is InChI=1S/C10H17N3O2/c1-10(2,3)15-9(14)11-7-8-5-6-12-13(8)4/h5-6H,7H2,1-4H3,(H,11,14). The second-order valence-electron chi connectivity index (χ2n) is 4.30. The predicted octanol–water partition coefficient (Wildman–Crippen LogP) is 1.44. The van der Waals surface area contributed by atoms with Crippen LogP contribution in [0.15, 0.2) is 12.3 Å². The Morgan fingerprint density at radius 2 is 2.27 bits per heavy atom. The fraction of sp³-hybridized carbons (Fsp3) is 0.600. The Bertz CT molecular complexity index is 339. The molecule has 1 N–H and O–H groups in total. The number of rotatable bonds is 2. The van der Waals surface area contributed by atoms with Crippen LogP contribution in [-0.4, -0.2) is 21.5 Å². The van der Waals surface area contributed by atoms with Gasteiger partial charge in [0.2, 0.25) is 0 Å². The van der Waals surface area contributed by atoms with Gasteiger partial charge in [-0.1, -0.05) is 0 Å². The van der Waals surface area contributed by atoms with Crippen LogP contribution in [0.1, 0.15) is 26.5 Å². The van der Waals surface area contributed by atoms with Gasteiger partial charge in [-0.25, -0.2) is 4.79 Å². The molecular formula is C10H17N3O2. The van der Waals surface area contributed by atoms with E-state index in [1.807, 2.05) is 33.9 Å². The van der Waals surface area contributed by atoms with E-state index in [1.54, 1.807) is 10.9 Å². The lowest BCUT2D eigenvalue weighted by molar-refractivity contribution is 0.0522. The second-order valence-corrected chi connectivity index (χ2v) is 4.30. The third-order valence-electron chi connectivity index (χ3n) is 1.74. The summed E-state index contributed by atoms with van der Waals surface area (Å²) in [4.78, 5) is 11.3. The Morgan fingerprint density at radius 3 is 2.73 bits per heavy atom. The summed E-state index contributed by atoms with van der Waals surface area (Å²) in [6, 6.07) is 1.84. The minimum atomic E-state index is -0.462. The van der Waals surface area contributed by atoms with Crippen LogP contribution in [0.3, 0.4) is 0 Å². The highest BCUT2D eigenvalue weighted by Gasteiger charge is 2.15. The summed E-state index contributed by atoms with van der Waals surface area (Å²) in [5.41, 5.74) is 0.470. The van der Waals surface area contributed by atoms with Gasteiger partial charge in [0.1, 0.15) is 5.60 Å². The van der Waals surface area contributed by atoms with Crippen LogP contribution in [0.5, 0.6) is 0 Å². The molecule has 1 rings (SSSR count). The summed E-state index contributed by atoms with van der Waals surface area (Å²) in [6.07, 6.45) is 1.27. The van der Waals surface area contributed by atoms with E-state index in [4.69, 9.17) is 4.74 Å². The number of aromatic nitrogens is 2. The Balaban J connectivity index is 2.38. The van der Waals surface area contributed by atoms with Crippen molar-refractivity contribution >= 4 is 6.09 Å². The fourth-order valence-electron chi connectivity index (χ4n) is 1.05. The van der Waals surface area contributed by atoms with E-state index < -0.39 is 11.7 Å². The number of carbonyl (C=O) groups excluding carboxylic acids is 1. The third kappa shape index (κ3) is 4.01. The van der Waals surface area contributed by atoms with Gasteiger partial charge in [0.05, 0.1) is 12.2 Å². The minimum Gasteiger partial charge on any atom is -0.444 e. The van der Waals surface area contributed by atoms with Gasteiger partial charge in [0.15, 0.2) is 0 Å². The van der Waals surface area contributed by atoms with Gasteiger partial charge in [-0.05, 0) is 26.8 Å². The summed E-state index contributed by atoms with van der Waals surface area (Å²) in [5.74, 6) is 0. The Hall–Kier alpha value is -1.52. The zero-order valence-electron chi connectivity index (χ0n) is 9.57. The van der Waals surface area contributed by atoms with E-state index in [-0.39, 0.29) is 0 Å². The lowest BCUT2D eigenvalue weighted by Gasteiger charge is -2.19. The zero-order valence-corrected chi connectivity index (χ0v) is 9.57. The van der Waals surface area contributed by atoms with E-state index in [0.29, 0.717) is 6.54 Å². The van der Waals surface area contributed by atoms with Gasteiger partial charge in [-0.2, -0.15) is 5.10 Å². The smallest absolute Gasteiger partial charge is 0.407 e. The number of amides is 1. The van der Waals surface area contributed by atoms with Crippen LogP contribution in [-0.2, 0) is 18.3 Å². The molecule has 0 spiro atoms. The summed E-state index contributed by atoms with van der Waals surface area (Å²) >= 11 is 0. The van der Waals surface area contributed by atoms with Gasteiger partial charge in [-0.3, -0.25) is 4.68 Å². The van der Waals surface area contributed by atoms with Crippen molar-refractivity contribution in [3.8, 4) is 0 Å². The van der Waals surface area contributed by atoms with Crippen molar-refractivity contribution in [3.05, 3.63) is 18.0 Å². The zero-order chi connectivity index (χ0) is 11.5. The number of carbonyl (C=O) groups is 1. The predicted molar refractivity (Wildman–Crippen MR) is 56.3 cm³/mol. The van der Waals surface area contributed by atoms with Crippen LogP contribution in [0.4, 0.5) is 4.79 Å². The number of nitrogens with zero attached hydrogens (tertiary/aromatic N) is 2.